The molecule has 2 N–H and O–H groups in total. The molecule has 0 radical (unpaired) electrons. The average molecular weight is 332 g/mol. The number of ether oxygens (including phenoxy) is 1. The average Bonchev–Trinajstić information content (AvgIpc) is 2.76. The van der Waals surface area contributed by atoms with Crippen molar-refractivity contribution >= 4 is 15.9 Å². The van der Waals surface area contributed by atoms with Gasteiger partial charge in [-0.25, -0.2) is 4.39 Å². The molecule has 0 aromatic heterocycles. The summed E-state index contributed by atoms with van der Waals surface area (Å²) in [5.74, 6) is -0.257. The summed E-state index contributed by atoms with van der Waals surface area (Å²) in [6.07, 6.45) is 1.47. The van der Waals surface area contributed by atoms with Crippen LogP contribution in [0.5, 0.6) is 0 Å². The largest absolute Gasteiger partial charge is 0.386 e. The highest BCUT2D eigenvalue weighted by Gasteiger charge is 2.32. The molecule has 0 aliphatic carbocycles. The quantitative estimate of drug-likeness (QED) is 0.871. The van der Waals surface area contributed by atoms with Gasteiger partial charge in [0.2, 0.25) is 0 Å². The molecule has 1 aliphatic heterocycles. The summed E-state index contributed by atoms with van der Waals surface area (Å²) in [7, 11) is 0. The van der Waals surface area contributed by atoms with E-state index in [9.17, 15) is 9.50 Å². The van der Waals surface area contributed by atoms with Crippen molar-refractivity contribution in [2.24, 2.45) is 0 Å². The fourth-order valence-corrected chi connectivity index (χ4v) is 2.81. The predicted octanol–water partition coefficient (Wildman–Crippen LogP) is 2.78. The highest BCUT2D eigenvalue weighted by atomic mass is 79.9. The Morgan fingerprint density at radius 3 is 2.89 bits per heavy atom. The number of hydrogen-bond acceptors (Lipinski definition) is 3. The van der Waals surface area contributed by atoms with Gasteiger partial charge in [0.15, 0.2) is 0 Å². The maximum atomic E-state index is 13.4. The molecular weight excluding hydrogens is 313 g/mol. The summed E-state index contributed by atoms with van der Waals surface area (Å²) in [4.78, 5) is 0. The zero-order chi connectivity index (χ0) is 13.9. The van der Waals surface area contributed by atoms with Gasteiger partial charge in [-0.1, -0.05) is 22.9 Å². The standard InChI is InChI=1S/C14H19BrFNO2/c1-2-13(10-5-11(15)7-12(16)6-10)17-8-14(18)3-4-19-9-14/h5-7,13,17-18H,2-4,8-9H2,1H3/t13-,14-/m1/s1. The van der Waals surface area contributed by atoms with Crippen LogP contribution >= 0.6 is 15.9 Å². The molecule has 2 rings (SSSR count). The number of rotatable bonds is 5. The van der Waals surface area contributed by atoms with Gasteiger partial charge in [0.1, 0.15) is 11.4 Å². The molecule has 2 atom stereocenters. The van der Waals surface area contributed by atoms with Crippen LogP contribution in [0.2, 0.25) is 0 Å². The van der Waals surface area contributed by atoms with Gasteiger partial charge in [0.05, 0.1) is 6.61 Å². The minimum atomic E-state index is -0.794. The van der Waals surface area contributed by atoms with Crippen molar-refractivity contribution in [3.05, 3.63) is 34.1 Å². The van der Waals surface area contributed by atoms with Gasteiger partial charge < -0.3 is 15.2 Å². The number of aliphatic hydroxyl groups is 1. The minimum Gasteiger partial charge on any atom is -0.386 e. The molecule has 1 heterocycles. The van der Waals surface area contributed by atoms with Gasteiger partial charge in [-0.2, -0.15) is 0 Å². The van der Waals surface area contributed by atoms with Crippen molar-refractivity contribution in [1.82, 2.24) is 5.32 Å². The van der Waals surface area contributed by atoms with Crippen molar-refractivity contribution in [2.75, 3.05) is 19.8 Å². The van der Waals surface area contributed by atoms with E-state index < -0.39 is 5.60 Å². The van der Waals surface area contributed by atoms with E-state index in [4.69, 9.17) is 4.74 Å². The molecule has 0 saturated carbocycles. The van der Waals surface area contributed by atoms with E-state index in [2.05, 4.69) is 21.2 Å². The predicted molar refractivity (Wildman–Crippen MR) is 75.5 cm³/mol. The first kappa shape index (κ1) is 14.9. The fourth-order valence-electron chi connectivity index (χ4n) is 2.32. The highest BCUT2D eigenvalue weighted by molar-refractivity contribution is 9.10. The summed E-state index contributed by atoms with van der Waals surface area (Å²) in [6, 6.07) is 4.89. The van der Waals surface area contributed by atoms with Gasteiger partial charge in [-0.05, 0) is 30.2 Å². The molecule has 1 aromatic carbocycles. The van der Waals surface area contributed by atoms with Crippen molar-refractivity contribution < 1.29 is 14.2 Å². The lowest BCUT2D eigenvalue weighted by Gasteiger charge is -2.25. The molecule has 106 valence electrons. The summed E-state index contributed by atoms with van der Waals surface area (Å²) in [5, 5.41) is 13.5. The molecule has 5 heteroatoms. The zero-order valence-electron chi connectivity index (χ0n) is 11.0. The van der Waals surface area contributed by atoms with Crippen molar-refractivity contribution in [3.63, 3.8) is 0 Å². The van der Waals surface area contributed by atoms with Crippen molar-refractivity contribution in [2.45, 2.75) is 31.4 Å². The van der Waals surface area contributed by atoms with Gasteiger partial charge >= 0.3 is 0 Å². The molecule has 0 amide bonds. The lowest BCUT2D eigenvalue weighted by molar-refractivity contribution is 0.0246. The first-order chi connectivity index (χ1) is 9.02. The second-order valence-electron chi connectivity index (χ2n) is 5.07. The molecular formula is C14H19BrFNO2. The normalized spacial score (nSPS) is 24.6. The second kappa shape index (κ2) is 6.31. The number of nitrogens with one attached hydrogen (secondary N) is 1. The van der Waals surface area contributed by atoms with E-state index in [1.165, 1.54) is 12.1 Å². The Labute approximate surface area is 121 Å². The van der Waals surface area contributed by atoms with E-state index in [1.807, 2.05) is 13.0 Å². The lowest BCUT2D eigenvalue weighted by atomic mass is 10.0. The van der Waals surface area contributed by atoms with Gasteiger partial charge in [-0.3, -0.25) is 0 Å². The minimum absolute atomic E-state index is 0.0247. The van der Waals surface area contributed by atoms with Crippen LogP contribution in [0.4, 0.5) is 4.39 Å². The van der Waals surface area contributed by atoms with E-state index >= 15 is 0 Å². The van der Waals surface area contributed by atoms with Crippen LogP contribution in [0.25, 0.3) is 0 Å². The molecule has 3 nitrogen and oxygen atoms in total. The smallest absolute Gasteiger partial charge is 0.124 e. The molecule has 0 spiro atoms. The molecule has 0 bridgehead atoms. The molecule has 1 saturated heterocycles. The Hall–Kier alpha value is -0.490. The Balaban J connectivity index is 2.03. The maximum Gasteiger partial charge on any atom is 0.124 e. The number of halogens is 2. The Morgan fingerprint density at radius 1 is 1.53 bits per heavy atom. The van der Waals surface area contributed by atoms with Crippen LogP contribution in [0.3, 0.4) is 0 Å². The maximum absolute atomic E-state index is 13.4. The second-order valence-corrected chi connectivity index (χ2v) is 5.99. The number of hydrogen-bond donors (Lipinski definition) is 2. The summed E-state index contributed by atoms with van der Waals surface area (Å²) in [5.41, 5.74) is 0.0923. The fraction of sp³-hybridized carbons (Fsp3) is 0.571. The molecule has 0 unspecified atom stereocenters. The molecule has 1 aliphatic rings. The first-order valence-electron chi connectivity index (χ1n) is 6.52. The molecule has 1 fully saturated rings. The SMILES string of the molecule is CC[C@@H](NC[C@]1(O)CCOC1)c1cc(F)cc(Br)c1. The zero-order valence-corrected chi connectivity index (χ0v) is 12.5. The Morgan fingerprint density at radius 2 is 2.32 bits per heavy atom. The van der Waals surface area contributed by atoms with E-state index in [0.717, 1.165) is 16.5 Å². The summed E-state index contributed by atoms with van der Waals surface area (Å²) < 4.78 is 19.4. The third kappa shape index (κ3) is 3.99. The third-order valence-electron chi connectivity index (χ3n) is 3.46. The van der Waals surface area contributed by atoms with Gasteiger partial charge in [0.25, 0.3) is 0 Å². The van der Waals surface area contributed by atoms with Crippen LogP contribution in [0.1, 0.15) is 31.4 Å². The first-order valence-corrected chi connectivity index (χ1v) is 7.31. The van der Waals surface area contributed by atoms with Gasteiger partial charge in [-0.15, -0.1) is 0 Å². The Bertz CT molecular complexity index is 415. The molecule has 1 aromatic rings. The number of benzene rings is 1. The Kier molecular flexibility index (Phi) is 4.95. The molecule has 19 heavy (non-hydrogen) atoms. The highest BCUT2D eigenvalue weighted by Crippen LogP contribution is 2.24. The van der Waals surface area contributed by atoms with Gasteiger partial charge in [0, 0.05) is 30.1 Å². The summed E-state index contributed by atoms with van der Waals surface area (Å²) >= 11 is 3.30. The van der Waals surface area contributed by atoms with E-state index in [-0.39, 0.29) is 11.9 Å². The third-order valence-corrected chi connectivity index (χ3v) is 3.91. The van der Waals surface area contributed by atoms with Crippen LogP contribution in [-0.2, 0) is 4.74 Å². The van der Waals surface area contributed by atoms with E-state index in [1.54, 1.807) is 0 Å². The topological polar surface area (TPSA) is 41.5 Å². The monoisotopic (exact) mass is 331 g/mol. The van der Waals surface area contributed by atoms with Crippen molar-refractivity contribution in [1.29, 1.82) is 0 Å². The van der Waals surface area contributed by atoms with Crippen LogP contribution in [0.15, 0.2) is 22.7 Å². The van der Waals surface area contributed by atoms with Crippen LogP contribution in [-0.4, -0.2) is 30.5 Å². The lowest BCUT2D eigenvalue weighted by Crippen LogP contribution is -2.42. The summed E-state index contributed by atoms with van der Waals surface area (Å²) in [6.45, 7) is 3.45. The van der Waals surface area contributed by atoms with Crippen LogP contribution < -0.4 is 5.32 Å². The van der Waals surface area contributed by atoms with Crippen LogP contribution in [0, 0.1) is 5.82 Å². The van der Waals surface area contributed by atoms with E-state index in [0.29, 0.717) is 26.2 Å². The van der Waals surface area contributed by atoms with Crippen molar-refractivity contribution in [3.8, 4) is 0 Å².